The summed E-state index contributed by atoms with van der Waals surface area (Å²) in [6, 6.07) is 9.14. The first-order valence-corrected chi connectivity index (χ1v) is 8.66. The highest BCUT2D eigenvalue weighted by Crippen LogP contribution is 2.08. The summed E-state index contributed by atoms with van der Waals surface area (Å²) in [5.41, 5.74) is 0.979. The standard InChI is InChI=1S/C19H29N3O3/c1-13(2)19(25)16(10-15-8-6-5-7-9-15)22-18(24)12-21-17(23)11-20-14(3)4/h5-9,13-14,16,20H,10-12H2,1-4H3,(H,21,23)(H,22,24)/t16-/m0/s1. The summed E-state index contributed by atoms with van der Waals surface area (Å²) < 4.78 is 0. The molecule has 0 saturated heterocycles. The second-order valence-corrected chi connectivity index (χ2v) is 6.68. The van der Waals surface area contributed by atoms with E-state index >= 15 is 0 Å². The summed E-state index contributed by atoms with van der Waals surface area (Å²) in [4.78, 5) is 36.2. The molecule has 0 aliphatic rings. The predicted octanol–water partition coefficient (Wildman–Crippen LogP) is 1.05. The number of benzene rings is 1. The quantitative estimate of drug-likeness (QED) is 0.590. The molecule has 0 aromatic heterocycles. The third-order valence-corrected chi connectivity index (χ3v) is 3.65. The van der Waals surface area contributed by atoms with Crippen LogP contribution in [0.25, 0.3) is 0 Å². The van der Waals surface area contributed by atoms with Crippen molar-refractivity contribution in [2.75, 3.05) is 13.1 Å². The molecule has 1 atom stereocenters. The molecule has 0 aliphatic carbocycles. The number of hydrogen-bond acceptors (Lipinski definition) is 4. The van der Waals surface area contributed by atoms with Crippen LogP contribution < -0.4 is 16.0 Å². The van der Waals surface area contributed by atoms with Gasteiger partial charge in [0, 0.05) is 12.0 Å². The molecule has 25 heavy (non-hydrogen) atoms. The van der Waals surface area contributed by atoms with Gasteiger partial charge in [0.15, 0.2) is 5.78 Å². The lowest BCUT2D eigenvalue weighted by Gasteiger charge is -2.20. The molecular weight excluding hydrogens is 318 g/mol. The Morgan fingerprint density at radius 2 is 1.56 bits per heavy atom. The molecule has 0 unspecified atom stereocenters. The van der Waals surface area contributed by atoms with E-state index in [0.29, 0.717) is 6.42 Å². The number of hydrogen-bond donors (Lipinski definition) is 3. The van der Waals surface area contributed by atoms with Gasteiger partial charge in [-0.05, 0) is 12.0 Å². The zero-order valence-corrected chi connectivity index (χ0v) is 15.5. The van der Waals surface area contributed by atoms with Crippen LogP contribution in [-0.2, 0) is 20.8 Å². The van der Waals surface area contributed by atoms with E-state index in [1.165, 1.54) is 0 Å². The Labute approximate surface area is 149 Å². The molecule has 0 aliphatic heterocycles. The fraction of sp³-hybridized carbons (Fsp3) is 0.526. The zero-order chi connectivity index (χ0) is 18.8. The Morgan fingerprint density at radius 1 is 0.920 bits per heavy atom. The maximum Gasteiger partial charge on any atom is 0.239 e. The molecule has 2 amide bonds. The first-order chi connectivity index (χ1) is 11.8. The summed E-state index contributed by atoms with van der Waals surface area (Å²) in [5, 5.41) is 8.27. The summed E-state index contributed by atoms with van der Waals surface area (Å²) in [7, 11) is 0. The van der Waals surface area contributed by atoms with Crippen LogP contribution in [0.3, 0.4) is 0 Å². The molecule has 1 aromatic rings. The minimum absolute atomic E-state index is 0.0231. The van der Waals surface area contributed by atoms with Crippen molar-refractivity contribution in [1.82, 2.24) is 16.0 Å². The second kappa shape index (κ2) is 10.6. The highest BCUT2D eigenvalue weighted by molar-refractivity contribution is 5.92. The molecule has 1 aromatic carbocycles. The van der Waals surface area contributed by atoms with E-state index in [1.54, 1.807) is 0 Å². The highest BCUT2D eigenvalue weighted by atomic mass is 16.2. The predicted molar refractivity (Wildman–Crippen MR) is 98.1 cm³/mol. The van der Waals surface area contributed by atoms with Gasteiger partial charge < -0.3 is 16.0 Å². The lowest BCUT2D eigenvalue weighted by atomic mass is 9.95. The van der Waals surface area contributed by atoms with Crippen LogP contribution in [0.15, 0.2) is 30.3 Å². The largest absolute Gasteiger partial charge is 0.346 e. The van der Waals surface area contributed by atoms with E-state index in [1.807, 2.05) is 58.0 Å². The molecule has 0 bridgehead atoms. The number of ketones is 1. The maximum atomic E-state index is 12.4. The van der Waals surface area contributed by atoms with Crippen molar-refractivity contribution in [3.05, 3.63) is 35.9 Å². The zero-order valence-electron chi connectivity index (χ0n) is 15.5. The van der Waals surface area contributed by atoms with Crippen LogP contribution in [0.1, 0.15) is 33.3 Å². The molecule has 0 saturated carbocycles. The van der Waals surface area contributed by atoms with Gasteiger partial charge in [-0.2, -0.15) is 0 Å². The molecule has 0 radical (unpaired) electrons. The van der Waals surface area contributed by atoms with E-state index in [9.17, 15) is 14.4 Å². The molecule has 0 heterocycles. The third-order valence-electron chi connectivity index (χ3n) is 3.65. The van der Waals surface area contributed by atoms with Gasteiger partial charge in [0.2, 0.25) is 11.8 Å². The van der Waals surface area contributed by atoms with Gasteiger partial charge in [-0.25, -0.2) is 0 Å². The molecular formula is C19H29N3O3. The second-order valence-electron chi connectivity index (χ2n) is 6.68. The average molecular weight is 347 g/mol. The Morgan fingerprint density at radius 3 is 2.12 bits per heavy atom. The highest BCUT2D eigenvalue weighted by Gasteiger charge is 2.23. The van der Waals surface area contributed by atoms with Crippen molar-refractivity contribution in [3.8, 4) is 0 Å². The third kappa shape index (κ3) is 8.44. The Balaban J connectivity index is 2.57. The van der Waals surface area contributed by atoms with Gasteiger partial charge in [-0.15, -0.1) is 0 Å². The number of nitrogens with one attached hydrogen (secondary N) is 3. The van der Waals surface area contributed by atoms with Gasteiger partial charge in [-0.1, -0.05) is 58.0 Å². The van der Waals surface area contributed by atoms with Crippen LogP contribution in [0.2, 0.25) is 0 Å². The van der Waals surface area contributed by atoms with Gasteiger partial charge in [0.05, 0.1) is 19.1 Å². The monoisotopic (exact) mass is 347 g/mol. The molecule has 1 rings (SSSR count). The average Bonchev–Trinajstić information content (AvgIpc) is 2.57. The molecule has 6 nitrogen and oxygen atoms in total. The van der Waals surface area contributed by atoms with E-state index in [2.05, 4.69) is 16.0 Å². The van der Waals surface area contributed by atoms with Crippen molar-refractivity contribution < 1.29 is 14.4 Å². The summed E-state index contributed by atoms with van der Waals surface area (Å²) in [6.45, 7) is 7.51. The van der Waals surface area contributed by atoms with Crippen LogP contribution in [0.4, 0.5) is 0 Å². The topological polar surface area (TPSA) is 87.3 Å². The molecule has 0 fully saturated rings. The first kappa shape index (κ1) is 20.8. The Kier molecular flexibility index (Phi) is 8.84. The number of rotatable bonds is 10. The molecule has 0 spiro atoms. The van der Waals surface area contributed by atoms with Crippen LogP contribution in [-0.4, -0.2) is 42.8 Å². The Hall–Kier alpha value is -2.21. The Bertz CT molecular complexity index is 571. The van der Waals surface area contributed by atoms with E-state index in [4.69, 9.17) is 0 Å². The van der Waals surface area contributed by atoms with Gasteiger partial charge >= 0.3 is 0 Å². The minimum atomic E-state index is -0.597. The van der Waals surface area contributed by atoms with E-state index in [0.717, 1.165) is 5.56 Å². The van der Waals surface area contributed by atoms with E-state index in [-0.39, 0.29) is 42.6 Å². The fourth-order valence-electron chi connectivity index (χ4n) is 2.26. The smallest absolute Gasteiger partial charge is 0.239 e. The SMILES string of the molecule is CC(C)NCC(=O)NCC(=O)N[C@@H](Cc1ccccc1)C(=O)C(C)C. The van der Waals surface area contributed by atoms with Crippen molar-refractivity contribution >= 4 is 17.6 Å². The van der Waals surface area contributed by atoms with Crippen LogP contribution >= 0.6 is 0 Å². The first-order valence-electron chi connectivity index (χ1n) is 8.66. The summed E-state index contributed by atoms with van der Waals surface area (Å²) in [6.07, 6.45) is 0.437. The van der Waals surface area contributed by atoms with Crippen LogP contribution in [0.5, 0.6) is 0 Å². The van der Waals surface area contributed by atoms with E-state index < -0.39 is 6.04 Å². The normalized spacial score (nSPS) is 12.1. The number of amides is 2. The van der Waals surface area contributed by atoms with Crippen molar-refractivity contribution in [1.29, 1.82) is 0 Å². The van der Waals surface area contributed by atoms with Gasteiger partial charge in [-0.3, -0.25) is 14.4 Å². The van der Waals surface area contributed by atoms with Gasteiger partial charge in [0.1, 0.15) is 0 Å². The number of carbonyl (C=O) groups is 3. The summed E-state index contributed by atoms with van der Waals surface area (Å²) >= 11 is 0. The maximum absolute atomic E-state index is 12.4. The van der Waals surface area contributed by atoms with Crippen molar-refractivity contribution in [2.45, 2.75) is 46.2 Å². The lowest BCUT2D eigenvalue weighted by molar-refractivity contribution is -0.130. The fourth-order valence-corrected chi connectivity index (χ4v) is 2.26. The van der Waals surface area contributed by atoms with Gasteiger partial charge in [0.25, 0.3) is 0 Å². The molecule has 138 valence electrons. The van der Waals surface area contributed by atoms with Crippen molar-refractivity contribution in [2.24, 2.45) is 5.92 Å². The lowest BCUT2D eigenvalue weighted by Crippen LogP contribution is -2.48. The number of carbonyl (C=O) groups excluding carboxylic acids is 3. The molecule has 6 heteroatoms. The summed E-state index contributed by atoms with van der Waals surface area (Å²) in [5.74, 6) is -0.824. The minimum Gasteiger partial charge on any atom is -0.346 e. The van der Waals surface area contributed by atoms with Crippen molar-refractivity contribution in [3.63, 3.8) is 0 Å². The number of Topliss-reactive ketones (excluding diaryl/α,β-unsaturated/α-hetero) is 1. The molecule has 3 N–H and O–H groups in total. The van der Waals surface area contributed by atoms with Crippen LogP contribution in [0, 0.1) is 5.92 Å².